The van der Waals surface area contributed by atoms with Crippen LogP contribution in [0.25, 0.3) is 0 Å². The molecule has 0 radical (unpaired) electrons. The van der Waals surface area contributed by atoms with E-state index in [0.717, 1.165) is 18.9 Å². The predicted molar refractivity (Wildman–Crippen MR) is 73.6 cm³/mol. The van der Waals surface area contributed by atoms with Gasteiger partial charge in [-0.15, -0.1) is 0 Å². The Bertz CT molecular complexity index is 613. The molecule has 0 amide bonds. The molecule has 7 nitrogen and oxygen atoms in total. The Labute approximate surface area is 123 Å². The first-order chi connectivity index (χ1) is 9.79. The third-order valence-electron chi connectivity index (χ3n) is 3.75. The average molecular weight is 317 g/mol. The zero-order valence-electron chi connectivity index (χ0n) is 11.7. The molecule has 118 valence electrons. The minimum absolute atomic E-state index is 0.0546. The molecular formula is C13H19NO6S. The van der Waals surface area contributed by atoms with Crippen molar-refractivity contribution < 1.29 is 27.8 Å². The van der Waals surface area contributed by atoms with Crippen molar-refractivity contribution in [3.8, 4) is 0 Å². The van der Waals surface area contributed by atoms with Crippen LogP contribution in [-0.4, -0.2) is 37.2 Å². The molecule has 21 heavy (non-hydrogen) atoms. The average Bonchev–Trinajstić information content (AvgIpc) is 2.81. The standard InChI is InChI=1S/C13H19NO6S/c1-8-12(6-11(20-8)13(16)17)21(18,19)14-7-9-2-4-10(15)5-3-9/h6,9-10,14-15H,2-5,7H2,1H3,(H,16,17). The van der Waals surface area contributed by atoms with Crippen molar-refractivity contribution in [2.45, 2.75) is 43.6 Å². The topological polar surface area (TPSA) is 117 Å². The second-order valence-corrected chi connectivity index (χ2v) is 7.10. The highest BCUT2D eigenvalue weighted by Crippen LogP contribution is 2.25. The van der Waals surface area contributed by atoms with Crippen LogP contribution in [0.2, 0.25) is 0 Å². The Kier molecular flexibility index (Phi) is 4.70. The number of carboxylic acid groups (broad SMARTS) is 1. The van der Waals surface area contributed by atoms with Crippen molar-refractivity contribution in [1.29, 1.82) is 0 Å². The lowest BCUT2D eigenvalue weighted by Gasteiger charge is -2.25. The highest BCUT2D eigenvalue weighted by atomic mass is 32.2. The Morgan fingerprint density at radius 2 is 2.00 bits per heavy atom. The predicted octanol–water partition coefficient (Wildman–Crippen LogP) is 1.12. The van der Waals surface area contributed by atoms with Crippen molar-refractivity contribution in [2.75, 3.05) is 6.54 Å². The summed E-state index contributed by atoms with van der Waals surface area (Å²) in [6.07, 6.45) is 2.62. The van der Waals surface area contributed by atoms with E-state index in [9.17, 15) is 18.3 Å². The molecule has 1 aliphatic carbocycles. The molecule has 2 rings (SSSR count). The van der Waals surface area contributed by atoms with Crippen molar-refractivity contribution in [2.24, 2.45) is 5.92 Å². The highest BCUT2D eigenvalue weighted by molar-refractivity contribution is 7.89. The van der Waals surface area contributed by atoms with Gasteiger partial charge in [-0.3, -0.25) is 0 Å². The lowest BCUT2D eigenvalue weighted by Crippen LogP contribution is -2.32. The number of hydrogen-bond donors (Lipinski definition) is 3. The number of furan rings is 1. The maximum Gasteiger partial charge on any atom is 0.371 e. The van der Waals surface area contributed by atoms with Gasteiger partial charge >= 0.3 is 5.97 Å². The van der Waals surface area contributed by atoms with Crippen molar-refractivity contribution in [3.05, 3.63) is 17.6 Å². The van der Waals surface area contributed by atoms with E-state index in [1.807, 2.05) is 0 Å². The van der Waals surface area contributed by atoms with Gasteiger partial charge in [0.05, 0.1) is 6.10 Å². The Balaban J connectivity index is 2.03. The van der Waals surface area contributed by atoms with Crippen LogP contribution in [0, 0.1) is 12.8 Å². The fraction of sp³-hybridized carbons (Fsp3) is 0.615. The van der Waals surface area contributed by atoms with Gasteiger partial charge in [-0.25, -0.2) is 17.9 Å². The number of aliphatic hydroxyl groups excluding tert-OH is 1. The molecular weight excluding hydrogens is 298 g/mol. The molecule has 3 N–H and O–H groups in total. The number of carbonyl (C=O) groups is 1. The van der Waals surface area contributed by atoms with E-state index in [1.54, 1.807) is 0 Å². The van der Waals surface area contributed by atoms with Crippen LogP contribution in [0.1, 0.15) is 42.0 Å². The van der Waals surface area contributed by atoms with Crippen molar-refractivity contribution in [3.63, 3.8) is 0 Å². The minimum Gasteiger partial charge on any atom is -0.475 e. The highest BCUT2D eigenvalue weighted by Gasteiger charge is 2.26. The fourth-order valence-corrected chi connectivity index (χ4v) is 3.78. The van der Waals surface area contributed by atoms with Crippen LogP contribution in [0.3, 0.4) is 0 Å². The van der Waals surface area contributed by atoms with Gasteiger partial charge in [0.1, 0.15) is 10.7 Å². The molecule has 0 unspecified atom stereocenters. The molecule has 0 aromatic carbocycles. The van der Waals surface area contributed by atoms with Crippen LogP contribution in [0.5, 0.6) is 0 Å². The summed E-state index contributed by atoms with van der Waals surface area (Å²) in [5.41, 5.74) is 0. The Morgan fingerprint density at radius 1 is 1.38 bits per heavy atom. The first-order valence-electron chi connectivity index (χ1n) is 6.81. The van der Waals surface area contributed by atoms with Crippen LogP contribution in [-0.2, 0) is 10.0 Å². The number of aromatic carboxylic acids is 1. The number of aliphatic hydroxyl groups is 1. The largest absolute Gasteiger partial charge is 0.475 e. The van der Waals surface area contributed by atoms with Gasteiger partial charge < -0.3 is 14.6 Å². The van der Waals surface area contributed by atoms with E-state index in [1.165, 1.54) is 6.92 Å². The number of carboxylic acids is 1. The molecule has 0 bridgehead atoms. The third kappa shape index (κ3) is 3.84. The van der Waals surface area contributed by atoms with Crippen molar-refractivity contribution >= 4 is 16.0 Å². The third-order valence-corrected chi connectivity index (χ3v) is 5.28. The van der Waals surface area contributed by atoms with Gasteiger partial charge in [0.25, 0.3) is 0 Å². The minimum atomic E-state index is -3.79. The lowest BCUT2D eigenvalue weighted by atomic mass is 9.88. The SMILES string of the molecule is Cc1oc(C(=O)O)cc1S(=O)(=O)NCC1CCC(O)CC1. The van der Waals surface area contributed by atoms with E-state index in [4.69, 9.17) is 9.52 Å². The summed E-state index contributed by atoms with van der Waals surface area (Å²) in [5, 5.41) is 18.2. The summed E-state index contributed by atoms with van der Waals surface area (Å²) >= 11 is 0. The lowest BCUT2D eigenvalue weighted by molar-refractivity contribution is 0.0661. The normalized spacial score (nSPS) is 23.1. The first-order valence-corrected chi connectivity index (χ1v) is 8.29. The molecule has 8 heteroatoms. The number of rotatable bonds is 5. The zero-order chi connectivity index (χ0) is 15.6. The van der Waals surface area contributed by atoms with Crippen molar-refractivity contribution in [1.82, 2.24) is 4.72 Å². The number of sulfonamides is 1. The van der Waals surface area contributed by atoms with Gasteiger partial charge in [0.15, 0.2) is 0 Å². The number of hydrogen-bond acceptors (Lipinski definition) is 5. The second kappa shape index (κ2) is 6.17. The summed E-state index contributed by atoms with van der Waals surface area (Å²) in [7, 11) is -3.79. The zero-order valence-corrected chi connectivity index (χ0v) is 12.5. The molecule has 1 aromatic rings. The quantitative estimate of drug-likeness (QED) is 0.749. The molecule has 1 aliphatic rings. The Hall–Kier alpha value is -1.38. The Morgan fingerprint density at radius 3 is 2.52 bits per heavy atom. The number of nitrogens with one attached hydrogen (secondary N) is 1. The molecule has 0 spiro atoms. The molecule has 1 aromatic heterocycles. The summed E-state index contributed by atoms with van der Waals surface area (Å²) in [5.74, 6) is -1.46. The molecule has 1 saturated carbocycles. The fourth-order valence-electron chi connectivity index (χ4n) is 2.49. The maximum atomic E-state index is 12.2. The van der Waals surface area contributed by atoms with Crippen LogP contribution in [0.4, 0.5) is 0 Å². The van der Waals surface area contributed by atoms with E-state index in [2.05, 4.69) is 4.72 Å². The van der Waals surface area contributed by atoms with Gasteiger partial charge in [-0.05, 0) is 38.5 Å². The van der Waals surface area contributed by atoms with E-state index < -0.39 is 21.8 Å². The van der Waals surface area contributed by atoms with Crippen LogP contribution < -0.4 is 4.72 Å². The molecule has 0 aliphatic heterocycles. The van der Waals surface area contributed by atoms with Gasteiger partial charge in [0.2, 0.25) is 15.8 Å². The monoisotopic (exact) mass is 317 g/mol. The summed E-state index contributed by atoms with van der Waals surface area (Å²) < 4.78 is 31.8. The van der Waals surface area contributed by atoms with Gasteiger partial charge in [0, 0.05) is 12.6 Å². The summed E-state index contributed by atoms with van der Waals surface area (Å²) in [6, 6.07) is 1.02. The van der Waals surface area contributed by atoms with E-state index >= 15 is 0 Å². The smallest absolute Gasteiger partial charge is 0.371 e. The first kappa shape index (κ1) is 16.0. The molecule has 0 saturated heterocycles. The maximum absolute atomic E-state index is 12.2. The molecule has 0 atom stereocenters. The summed E-state index contributed by atoms with van der Waals surface area (Å²) in [4.78, 5) is 10.7. The number of aryl methyl sites for hydroxylation is 1. The van der Waals surface area contributed by atoms with E-state index in [-0.39, 0.29) is 29.2 Å². The molecule has 1 heterocycles. The second-order valence-electron chi connectivity index (χ2n) is 5.36. The van der Waals surface area contributed by atoms with Crippen LogP contribution in [0.15, 0.2) is 15.4 Å². The van der Waals surface area contributed by atoms with E-state index in [0.29, 0.717) is 12.8 Å². The van der Waals surface area contributed by atoms with Crippen LogP contribution >= 0.6 is 0 Å². The van der Waals surface area contributed by atoms with Gasteiger partial charge in [-0.1, -0.05) is 0 Å². The summed E-state index contributed by atoms with van der Waals surface area (Å²) in [6.45, 7) is 1.69. The van der Waals surface area contributed by atoms with Gasteiger partial charge in [-0.2, -0.15) is 0 Å². The molecule has 1 fully saturated rings.